The van der Waals surface area contributed by atoms with Crippen LogP contribution in [0.2, 0.25) is 0 Å². The molecule has 0 N–H and O–H groups in total. The van der Waals surface area contributed by atoms with Crippen LogP contribution < -0.4 is 0 Å². The van der Waals surface area contributed by atoms with Gasteiger partial charge in [-0.15, -0.1) is 0 Å². The first-order chi connectivity index (χ1) is 8.20. The van der Waals surface area contributed by atoms with E-state index < -0.39 is 0 Å². The van der Waals surface area contributed by atoms with E-state index in [0.717, 1.165) is 5.56 Å². The summed E-state index contributed by atoms with van der Waals surface area (Å²) in [6.45, 7) is 2.16. The highest BCUT2D eigenvalue weighted by atomic mass is 16.1. The van der Waals surface area contributed by atoms with E-state index >= 15 is 0 Å². The highest BCUT2D eigenvalue weighted by Crippen LogP contribution is 2.08. The maximum Gasteiger partial charge on any atom is 0.182 e. The van der Waals surface area contributed by atoms with Crippen LogP contribution >= 0.6 is 0 Å². The molecule has 1 aromatic heterocycles. The van der Waals surface area contributed by atoms with Crippen LogP contribution in [0.1, 0.15) is 21.6 Å². The van der Waals surface area contributed by atoms with Crippen molar-refractivity contribution in [2.75, 3.05) is 0 Å². The molecule has 0 aliphatic rings. The van der Waals surface area contributed by atoms with Crippen LogP contribution in [-0.2, 0) is 6.54 Å². The van der Waals surface area contributed by atoms with Crippen LogP contribution in [0.5, 0.6) is 0 Å². The maximum atomic E-state index is 12.0. The predicted octanol–water partition coefficient (Wildman–Crippen LogP) is 2.55. The van der Waals surface area contributed by atoms with Crippen molar-refractivity contribution in [2.24, 2.45) is 0 Å². The van der Waals surface area contributed by atoms with Crippen LogP contribution in [0.15, 0.2) is 42.6 Å². The summed E-state index contributed by atoms with van der Waals surface area (Å²) in [5, 5.41) is 8.85. The molecule has 0 radical (unpaired) electrons. The Morgan fingerprint density at radius 3 is 2.88 bits per heavy atom. The second-order valence-electron chi connectivity index (χ2n) is 3.93. The summed E-state index contributed by atoms with van der Waals surface area (Å²) in [6, 6.07) is 13.0. The fourth-order valence-corrected chi connectivity index (χ4v) is 1.72. The molecular formula is C14H12N2O. The van der Waals surface area contributed by atoms with Gasteiger partial charge in [-0.3, -0.25) is 4.79 Å². The zero-order valence-corrected chi connectivity index (χ0v) is 9.55. The molecule has 0 aliphatic heterocycles. The highest BCUT2D eigenvalue weighted by Gasteiger charge is 2.08. The second-order valence-corrected chi connectivity index (χ2v) is 3.93. The van der Waals surface area contributed by atoms with Gasteiger partial charge in [0.15, 0.2) is 5.78 Å². The van der Waals surface area contributed by atoms with Gasteiger partial charge < -0.3 is 4.57 Å². The van der Waals surface area contributed by atoms with Crippen molar-refractivity contribution >= 4 is 5.78 Å². The van der Waals surface area contributed by atoms with Crippen LogP contribution in [0, 0.1) is 18.3 Å². The third-order valence-electron chi connectivity index (χ3n) is 2.60. The number of aryl methyl sites for hydroxylation is 1. The first-order valence-corrected chi connectivity index (χ1v) is 5.36. The van der Waals surface area contributed by atoms with Gasteiger partial charge in [0.25, 0.3) is 0 Å². The predicted molar refractivity (Wildman–Crippen MR) is 64.7 cm³/mol. The molecule has 0 saturated heterocycles. The number of aromatic nitrogens is 1. The van der Waals surface area contributed by atoms with Gasteiger partial charge >= 0.3 is 0 Å². The largest absolute Gasteiger partial charge is 0.332 e. The molecule has 0 fully saturated rings. The third-order valence-corrected chi connectivity index (χ3v) is 2.60. The molecule has 2 aromatic rings. The van der Waals surface area contributed by atoms with Crippen LogP contribution in [0.4, 0.5) is 0 Å². The average Bonchev–Trinajstić information content (AvgIpc) is 2.76. The Hall–Kier alpha value is -2.34. The first-order valence-electron chi connectivity index (χ1n) is 5.36. The second kappa shape index (κ2) is 4.67. The van der Waals surface area contributed by atoms with Gasteiger partial charge in [-0.1, -0.05) is 23.8 Å². The van der Waals surface area contributed by atoms with Gasteiger partial charge in [0.05, 0.1) is 6.54 Å². The standard InChI is InChI=1S/C14H12N2O/c1-11-4-2-5-12(8-11)14(17)10-16-7-3-6-13(16)9-15/h2-8H,10H2,1H3. The Bertz CT molecular complexity index is 590. The van der Waals surface area contributed by atoms with Crippen LogP contribution in [-0.4, -0.2) is 10.4 Å². The molecule has 3 heteroatoms. The molecule has 0 spiro atoms. The SMILES string of the molecule is Cc1cccc(C(=O)Cn2cccc2C#N)c1. The van der Waals surface area contributed by atoms with Crippen molar-refractivity contribution in [3.63, 3.8) is 0 Å². The Kier molecular flexibility index (Phi) is 3.06. The molecule has 0 saturated carbocycles. The summed E-state index contributed by atoms with van der Waals surface area (Å²) in [4.78, 5) is 12.0. The number of ketones is 1. The molecule has 0 amide bonds. The van der Waals surface area contributed by atoms with Gasteiger partial charge in [0, 0.05) is 11.8 Å². The summed E-state index contributed by atoms with van der Waals surface area (Å²) in [5.41, 5.74) is 2.25. The molecule has 2 rings (SSSR count). The number of nitrogens with zero attached hydrogens (tertiary/aromatic N) is 2. The molecule has 84 valence electrons. The molecule has 1 heterocycles. The quantitative estimate of drug-likeness (QED) is 0.752. The number of Topliss-reactive ketones (excluding diaryl/α,β-unsaturated/α-hetero) is 1. The topological polar surface area (TPSA) is 45.8 Å². The van der Waals surface area contributed by atoms with Crippen molar-refractivity contribution < 1.29 is 4.79 Å². The zero-order chi connectivity index (χ0) is 12.3. The Morgan fingerprint density at radius 1 is 1.35 bits per heavy atom. The minimum Gasteiger partial charge on any atom is -0.332 e. The molecule has 0 atom stereocenters. The minimum atomic E-state index is 0.0152. The lowest BCUT2D eigenvalue weighted by atomic mass is 10.1. The van der Waals surface area contributed by atoms with E-state index in [4.69, 9.17) is 5.26 Å². The van der Waals surface area contributed by atoms with E-state index in [2.05, 4.69) is 6.07 Å². The Labute approximate surface area is 99.9 Å². The summed E-state index contributed by atoms with van der Waals surface area (Å²) < 4.78 is 1.66. The maximum absolute atomic E-state index is 12.0. The molecule has 3 nitrogen and oxygen atoms in total. The summed E-state index contributed by atoms with van der Waals surface area (Å²) in [5.74, 6) is 0.0152. The van der Waals surface area contributed by atoms with Gasteiger partial charge in [-0.25, -0.2) is 0 Å². The monoisotopic (exact) mass is 224 g/mol. The number of benzene rings is 1. The Balaban J connectivity index is 2.21. The fraction of sp³-hybridized carbons (Fsp3) is 0.143. The van der Waals surface area contributed by atoms with E-state index in [9.17, 15) is 4.79 Å². The van der Waals surface area contributed by atoms with Crippen molar-refractivity contribution in [1.82, 2.24) is 4.57 Å². The van der Waals surface area contributed by atoms with Crippen molar-refractivity contribution in [1.29, 1.82) is 5.26 Å². The van der Waals surface area contributed by atoms with E-state index in [1.165, 1.54) is 0 Å². The van der Waals surface area contributed by atoms with E-state index in [0.29, 0.717) is 11.3 Å². The summed E-state index contributed by atoms with van der Waals surface area (Å²) >= 11 is 0. The smallest absolute Gasteiger partial charge is 0.182 e. The first kappa shape index (κ1) is 11.2. The number of hydrogen-bond acceptors (Lipinski definition) is 2. The molecule has 17 heavy (non-hydrogen) atoms. The molecule has 0 aliphatic carbocycles. The molecule has 0 bridgehead atoms. The van der Waals surface area contributed by atoms with Crippen molar-refractivity contribution in [3.05, 3.63) is 59.4 Å². The summed E-state index contributed by atoms with van der Waals surface area (Å²) in [7, 11) is 0. The molecule has 0 unspecified atom stereocenters. The lowest BCUT2D eigenvalue weighted by Crippen LogP contribution is -2.11. The highest BCUT2D eigenvalue weighted by molar-refractivity contribution is 5.96. The number of nitriles is 1. The number of rotatable bonds is 3. The zero-order valence-electron chi connectivity index (χ0n) is 9.55. The van der Waals surface area contributed by atoms with E-state index in [-0.39, 0.29) is 12.3 Å². The van der Waals surface area contributed by atoms with E-state index in [1.807, 2.05) is 25.1 Å². The Morgan fingerprint density at radius 2 is 2.18 bits per heavy atom. The van der Waals surface area contributed by atoms with Gasteiger partial charge in [-0.05, 0) is 25.1 Å². The molecular weight excluding hydrogens is 212 g/mol. The molecule has 1 aromatic carbocycles. The number of hydrogen-bond donors (Lipinski definition) is 0. The van der Waals surface area contributed by atoms with E-state index in [1.54, 1.807) is 29.0 Å². The summed E-state index contributed by atoms with van der Waals surface area (Å²) in [6.07, 6.45) is 1.74. The van der Waals surface area contributed by atoms with Crippen LogP contribution in [0.25, 0.3) is 0 Å². The van der Waals surface area contributed by atoms with Gasteiger partial charge in [-0.2, -0.15) is 5.26 Å². The number of carbonyl (C=O) groups excluding carboxylic acids is 1. The van der Waals surface area contributed by atoms with Crippen LogP contribution in [0.3, 0.4) is 0 Å². The third kappa shape index (κ3) is 2.43. The number of carbonyl (C=O) groups is 1. The average molecular weight is 224 g/mol. The normalized spacial score (nSPS) is 9.88. The fourth-order valence-electron chi connectivity index (χ4n) is 1.72. The van der Waals surface area contributed by atoms with Gasteiger partial charge in [0.1, 0.15) is 11.8 Å². The van der Waals surface area contributed by atoms with Crippen molar-refractivity contribution in [3.8, 4) is 6.07 Å². The lowest BCUT2D eigenvalue weighted by molar-refractivity contribution is 0.0972. The van der Waals surface area contributed by atoms with Crippen molar-refractivity contribution in [2.45, 2.75) is 13.5 Å². The van der Waals surface area contributed by atoms with Gasteiger partial charge in [0.2, 0.25) is 0 Å². The minimum absolute atomic E-state index is 0.0152. The lowest BCUT2D eigenvalue weighted by Gasteiger charge is -2.04.